The predicted molar refractivity (Wildman–Crippen MR) is 143 cm³/mol. The predicted octanol–water partition coefficient (Wildman–Crippen LogP) is 5.93. The zero-order valence-electron chi connectivity index (χ0n) is 20.7. The second-order valence-corrected chi connectivity index (χ2v) is 10.5. The van der Waals surface area contributed by atoms with Gasteiger partial charge in [-0.05, 0) is 43.5 Å². The van der Waals surface area contributed by atoms with Crippen molar-refractivity contribution in [1.29, 1.82) is 0 Å². The zero-order valence-corrected chi connectivity index (χ0v) is 21.5. The van der Waals surface area contributed by atoms with Gasteiger partial charge in [-0.2, -0.15) is 0 Å². The number of rotatable bonds is 10. The molecule has 0 spiro atoms. The molecule has 0 saturated heterocycles. The smallest absolute Gasteiger partial charge is 0.243 e. The van der Waals surface area contributed by atoms with Crippen molar-refractivity contribution in [3.63, 3.8) is 0 Å². The Labute approximate surface area is 217 Å². The fourth-order valence-corrected chi connectivity index (χ4v) is 5.38. The number of halogens is 1. The van der Waals surface area contributed by atoms with Gasteiger partial charge in [0.1, 0.15) is 11.9 Å². The van der Waals surface area contributed by atoms with E-state index in [1.165, 1.54) is 17.8 Å². The van der Waals surface area contributed by atoms with Crippen molar-refractivity contribution >= 4 is 23.6 Å². The molecule has 1 fully saturated rings. The third kappa shape index (κ3) is 7.20. The first-order valence-electron chi connectivity index (χ1n) is 12.6. The van der Waals surface area contributed by atoms with Gasteiger partial charge in [-0.3, -0.25) is 9.59 Å². The SMILES string of the molecule is Cc1ccc(SCC(=O)N(Cc2ccccc2F)C(Cc2ccccc2)C(=O)NC2CCCC2)cc1. The highest BCUT2D eigenvalue weighted by Crippen LogP contribution is 2.23. The van der Waals surface area contributed by atoms with Crippen LogP contribution in [0.25, 0.3) is 0 Å². The molecule has 4 rings (SSSR count). The fraction of sp³-hybridized carbons (Fsp3) is 0.333. The van der Waals surface area contributed by atoms with Crippen LogP contribution in [0, 0.1) is 12.7 Å². The van der Waals surface area contributed by atoms with Crippen LogP contribution in [0.4, 0.5) is 4.39 Å². The highest BCUT2D eigenvalue weighted by Gasteiger charge is 2.32. The molecular weight excluding hydrogens is 471 g/mol. The van der Waals surface area contributed by atoms with Crippen molar-refractivity contribution < 1.29 is 14.0 Å². The molecular formula is C30H33FN2O2S. The monoisotopic (exact) mass is 504 g/mol. The van der Waals surface area contributed by atoms with E-state index < -0.39 is 6.04 Å². The molecule has 6 heteroatoms. The number of hydrogen-bond acceptors (Lipinski definition) is 3. The number of carbonyl (C=O) groups excluding carboxylic acids is 2. The number of nitrogens with zero attached hydrogens (tertiary/aromatic N) is 1. The van der Waals surface area contributed by atoms with E-state index in [2.05, 4.69) is 5.32 Å². The van der Waals surface area contributed by atoms with Crippen LogP contribution in [0.15, 0.2) is 83.8 Å². The zero-order chi connectivity index (χ0) is 25.3. The number of thioether (sulfide) groups is 1. The summed E-state index contributed by atoms with van der Waals surface area (Å²) < 4.78 is 14.7. The van der Waals surface area contributed by atoms with Gasteiger partial charge in [-0.15, -0.1) is 11.8 Å². The van der Waals surface area contributed by atoms with Gasteiger partial charge < -0.3 is 10.2 Å². The lowest BCUT2D eigenvalue weighted by Gasteiger charge is -2.32. The van der Waals surface area contributed by atoms with Gasteiger partial charge in [0.15, 0.2) is 0 Å². The molecule has 1 atom stereocenters. The molecule has 4 nitrogen and oxygen atoms in total. The van der Waals surface area contributed by atoms with Gasteiger partial charge in [0.05, 0.1) is 5.75 Å². The highest BCUT2D eigenvalue weighted by molar-refractivity contribution is 8.00. The van der Waals surface area contributed by atoms with Crippen molar-refractivity contribution in [3.05, 3.63) is 101 Å². The van der Waals surface area contributed by atoms with E-state index >= 15 is 0 Å². The first kappa shape index (κ1) is 26.0. The number of aryl methyl sites for hydroxylation is 1. The Morgan fingerprint density at radius 1 is 0.972 bits per heavy atom. The first-order chi connectivity index (χ1) is 17.5. The van der Waals surface area contributed by atoms with Gasteiger partial charge in [0.25, 0.3) is 0 Å². The molecule has 0 radical (unpaired) electrons. The maximum absolute atomic E-state index is 14.7. The quantitative estimate of drug-likeness (QED) is 0.349. The maximum Gasteiger partial charge on any atom is 0.243 e. The average molecular weight is 505 g/mol. The minimum Gasteiger partial charge on any atom is -0.352 e. The van der Waals surface area contributed by atoms with Gasteiger partial charge in [0.2, 0.25) is 11.8 Å². The average Bonchev–Trinajstić information content (AvgIpc) is 3.40. The van der Waals surface area contributed by atoms with Gasteiger partial charge in [-0.25, -0.2) is 4.39 Å². The normalized spacial score (nSPS) is 14.4. The van der Waals surface area contributed by atoms with E-state index in [1.54, 1.807) is 23.1 Å². The van der Waals surface area contributed by atoms with Crippen LogP contribution in [0.5, 0.6) is 0 Å². The number of carbonyl (C=O) groups is 2. The lowest BCUT2D eigenvalue weighted by atomic mass is 10.0. The van der Waals surface area contributed by atoms with Crippen molar-refractivity contribution in [3.8, 4) is 0 Å². The second kappa shape index (κ2) is 12.7. The Morgan fingerprint density at radius 3 is 2.33 bits per heavy atom. The Kier molecular flexibility index (Phi) is 9.17. The number of nitrogens with one attached hydrogen (secondary N) is 1. The number of benzene rings is 3. The maximum atomic E-state index is 14.7. The second-order valence-electron chi connectivity index (χ2n) is 9.41. The Hall–Kier alpha value is -3.12. The number of amides is 2. The molecule has 1 aliphatic rings. The molecule has 1 saturated carbocycles. The summed E-state index contributed by atoms with van der Waals surface area (Å²) >= 11 is 1.43. The third-order valence-electron chi connectivity index (χ3n) is 6.65. The van der Waals surface area contributed by atoms with E-state index in [-0.39, 0.29) is 36.0 Å². The molecule has 2 amide bonds. The van der Waals surface area contributed by atoms with Crippen LogP contribution in [0.2, 0.25) is 0 Å². The summed E-state index contributed by atoms with van der Waals surface area (Å²) in [6.45, 7) is 2.06. The largest absolute Gasteiger partial charge is 0.352 e. The van der Waals surface area contributed by atoms with Crippen LogP contribution in [-0.4, -0.2) is 34.6 Å². The summed E-state index contributed by atoms with van der Waals surface area (Å²) in [7, 11) is 0. The summed E-state index contributed by atoms with van der Waals surface area (Å²) in [5, 5.41) is 3.18. The van der Waals surface area contributed by atoms with Gasteiger partial charge >= 0.3 is 0 Å². The standard InChI is InChI=1S/C30H33FN2O2S/c1-22-15-17-26(18-16-22)36-21-29(34)33(20-24-11-5-8-14-27(24)31)28(19-23-9-3-2-4-10-23)30(35)32-25-12-6-7-13-25/h2-5,8-11,14-18,25,28H,6-7,12-13,19-21H2,1H3,(H,32,35). The molecule has 0 aromatic heterocycles. The van der Waals surface area contributed by atoms with Gasteiger partial charge in [0, 0.05) is 29.5 Å². The van der Waals surface area contributed by atoms with Crippen molar-refractivity contribution in [1.82, 2.24) is 10.2 Å². The summed E-state index contributed by atoms with van der Waals surface area (Å²) in [4.78, 5) is 29.9. The lowest BCUT2D eigenvalue weighted by molar-refractivity contribution is -0.139. The van der Waals surface area contributed by atoms with Crippen molar-refractivity contribution in [2.75, 3.05) is 5.75 Å². The lowest BCUT2D eigenvalue weighted by Crippen LogP contribution is -2.52. The third-order valence-corrected chi connectivity index (χ3v) is 7.65. The molecule has 3 aromatic carbocycles. The van der Waals surface area contributed by atoms with Crippen LogP contribution < -0.4 is 5.32 Å². The first-order valence-corrected chi connectivity index (χ1v) is 13.5. The van der Waals surface area contributed by atoms with E-state index in [4.69, 9.17) is 0 Å². The molecule has 0 heterocycles. The van der Waals surface area contributed by atoms with Gasteiger partial charge in [-0.1, -0.05) is 79.1 Å². The fourth-order valence-electron chi connectivity index (χ4n) is 4.59. The molecule has 0 aliphatic heterocycles. The van der Waals surface area contributed by atoms with Crippen LogP contribution in [0.1, 0.15) is 42.4 Å². The minimum absolute atomic E-state index is 0.0373. The summed E-state index contributed by atoms with van der Waals surface area (Å²) in [5.74, 6) is -0.572. The topological polar surface area (TPSA) is 49.4 Å². The minimum atomic E-state index is -0.737. The van der Waals surface area contributed by atoms with Crippen LogP contribution in [-0.2, 0) is 22.6 Å². The van der Waals surface area contributed by atoms with Crippen LogP contribution >= 0.6 is 11.8 Å². The molecule has 36 heavy (non-hydrogen) atoms. The molecule has 0 bridgehead atoms. The Bertz CT molecular complexity index is 1150. The van der Waals surface area contributed by atoms with E-state index in [0.29, 0.717) is 12.0 Å². The van der Waals surface area contributed by atoms with E-state index in [9.17, 15) is 14.0 Å². The molecule has 1 aliphatic carbocycles. The van der Waals surface area contributed by atoms with E-state index in [0.717, 1.165) is 41.7 Å². The molecule has 188 valence electrons. The highest BCUT2D eigenvalue weighted by atomic mass is 32.2. The van der Waals surface area contributed by atoms with Crippen molar-refractivity contribution in [2.45, 2.75) is 62.6 Å². The van der Waals surface area contributed by atoms with Crippen LogP contribution in [0.3, 0.4) is 0 Å². The molecule has 1 N–H and O–H groups in total. The number of hydrogen-bond donors (Lipinski definition) is 1. The summed E-state index contributed by atoms with van der Waals surface area (Å²) in [5.41, 5.74) is 2.51. The van der Waals surface area contributed by atoms with Crippen molar-refractivity contribution in [2.24, 2.45) is 0 Å². The summed E-state index contributed by atoms with van der Waals surface area (Å²) in [6.07, 6.45) is 4.47. The molecule has 1 unspecified atom stereocenters. The molecule has 3 aromatic rings. The Balaban J connectivity index is 1.61. The summed E-state index contributed by atoms with van der Waals surface area (Å²) in [6, 6.07) is 23.6. The Morgan fingerprint density at radius 2 is 1.64 bits per heavy atom. The van der Waals surface area contributed by atoms with E-state index in [1.807, 2.05) is 61.5 Å².